The minimum Gasteiger partial charge on any atom is -0.385 e. The zero-order chi connectivity index (χ0) is 21.3. The number of ether oxygens (including phenoxy) is 1. The number of benzene rings is 1. The lowest BCUT2D eigenvalue weighted by Gasteiger charge is -2.30. The van der Waals surface area contributed by atoms with Crippen molar-refractivity contribution >= 4 is 8.80 Å². The highest BCUT2D eigenvalue weighted by molar-refractivity contribution is 6.58. The van der Waals surface area contributed by atoms with E-state index in [-0.39, 0.29) is 5.92 Å². The number of rotatable bonds is 10. The van der Waals surface area contributed by atoms with E-state index in [4.69, 9.17) is 4.74 Å². The maximum Gasteiger partial charge on any atom is 0.194 e. The number of unbranched alkanes of at least 4 members (excludes halogenated alkanes) is 1. The first-order valence-electron chi connectivity index (χ1n) is 12.2. The Balaban J connectivity index is 1.27. The molecule has 1 aliphatic heterocycles. The Labute approximate surface area is 182 Å². The third-order valence-electron chi connectivity index (χ3n) is 7.73. The van der Waals surface area contributed by atoms with Crippen LogP contribution in [0.2, 0.25) is 18.1 Å². The van der Waals surface area contributed by atoms with Gasteiger partial charge in [0.2, 0.25) is 0 Å². The molecule has 1 aromatic rings. The summed E-state index contributed by atoms with van der Waals surface area (Å²) in [7, 11) is 1.35. The second-order valence-corrected chi connectivity index (χ2v) is 13.3. The molecule has 0 N–H and O–H groups in total. The van der Waals surface area contributed by atoms with Crippen molar-refractivity contribution in [1.82, 2.24) is 0 Å². The van der Waals surface area contributed by atoms with Crippen LogP contribution in [-0.4, -0.2) is 22.5 Å². The molecule has 5 heteroatoms. The van der Waals surface area contributed by atoms with Gasteiger partial charge in [0.15, 0.2) is 17.5 Å². The molecule has 2 fully saturated rings. The Morgan fingerprint density at radius 1 is 0.833 bits per heavy atom. The van der Waals surface area contributed by atoms with E-state index < -0.39 is 26.2 Å². The van der Waals surface area contributed by atoms with Gasteiger partial charge in [-0.05, 0) is 67.6 Å². The van der Waals surface area contributed by atoms with Crippen LogP contribution < -0.4 is 0 Å². The third kappa shape index (κ3) is 7.12. The first kappa shape index (κ1) is 23.8. The van der Waals surface area contributed by atoms with Gasteiger partial charge in [-0.2, -0.15) is 0 Å². The summed E-state index contributed by atoms with van der Waals surface area (Å²) in [4.78, 5) is 0. The highest BCUT2D eigenvalue weighted by Crippen LogP contribution is 2.39. The molecule has 0 radical (unpaired) electrons. The van der Waals surface area contributed by atoms with Crippen LogP contribution in [-0.2, 0) is 4.74 Å². The zero-order valence-corrected chi connectivity index (χ0v) is 19.8. The molecule has 0 atom stereocenters. The lowest BCUT2D eigenvalue weighted by molar-refractivity contribution is 0.199. The van der Waals surface area contributed by atoms with E-state index in [0.717, 1.165) is 44.1 Å². The Kier molecular flexibility index (Phi) is 9.76. The SMILES string of the molecule is COCCC[SiH]1CCC(CCCCC2CCC(c3cc(F)c(F)c(F)c3)CC2)CC1. The van der Waals surface area contributed by atoms with Crippen LogP contribution in [0.15, 0.2) is 12.1 Å². The van der Waals surface area contributed by atoms with Crippen LogP contribution in [0.1, 0.15) is 82.1 Å². The summed E-state index contributed by atoms with van der Waals surface area (Å²) in [6.45, 7) is 0.937. The lowest BCUT2D eigenvalue weighted by atomic mass is 9.77. The van der Waals surface area contributed by atoms with Crippen molar-refractivity contribution in [3.8, 4) is 0 Å². The number of hydrogen-bond acceptors (Lipinski definition) is 1. The largest absolute Gasteiger partial charge is 0.385 e. The molecule has 0 amide bonds. The average molecular weight is 441 g/mol. The molecular weight excluding hydrogens is 401 g/mol. The van der Waals surface area contributed by atoms with E-state index in [1.165, 1.54) is 63.1 Å². The molecule has 170 valence electrons. The fourth-order valence-electron chi connectivity index (χ4n) is 5.79. The van der Waals surface area contributed by atoms with Crippen LogP contribution in [0, 0.1) is 29.3 Å². The average Bonchev–Trinajstić information content (AvgIpc) is 2.76. The van der Waals surface area contributed by atoms with Gasteiger partial charge < -0.3 is 4.74 Å². The van der Waals surface area contributed by atoms with E-state index in [1.54, 1.807) is 19.2 Å². The highest BCUT2D eigenvalue weighted by atomic mass is 28.3. The Morgan fingerprint density at radius 2 is 1.40 bits per heavy atom. The summed E-state index contributed by atoms with van der Waals surface area (Å²) in [6, 6.07) is 6.95. The number of hydrogen-bond donors (Lipinski definition) is 0. The smallest absolute Gasteiger partial charge is 0.194 e. The van der Waals surface area contributed by atoms with Gasteiger partial charge in [0.25, 0.3) is 0 Å². The van der Waals surface area contributed by atoms with E-state index in [0.29, 0.717) is 5.56 Å². The minimum absolute atomic E-state index is 0.175. The maximum atomic E-state index is 13.5. The minimum atomic E-state index is -1.35. The summed E-state index contributed by atoms with van der Waals surface area (Å²) in [5, 5.41) is 0. The van der Waals surface area contributed by atoms with Crippen molar-refractivity contribution in [2.24, 2.45) is 11.8 Å². The van der Waals surface area contributed by atoms with Crippen molar-refractivity contribution in [3.05, 3.63) is 35.1 Å². The topological polar surface area (TPSA) is 9.23 Å². The van der Waals surface area contributed by atoms with Crippen molar-refractivity contribution in [2.75, 3.05) is 13.7 Å². The zero-order valence-electron chi connectivity index (χ0n) is 18.6. The maximum absolute atomic E-state index is 13.5. The quantitative estimate of drug-likeness (QED) is 0.207. The fraction of sp³-hybridized carbons (Fsp3) is 0.760. The van der Waals surface area contributed by atoms with E-state index in [2.05, 4.69) is 0 Å². The van der Waals surface area contributed by atoms with Crippen LogP contribution in [0.4, 0.5) is 13.2 Å². The Bertz CT molecular complexity index is 614. The molecule has 1 nitrogen and oxygen atoms in total. The van der Waals surface area contributed by atoms with Crippen LogP contribution >= 0.6 is 0 Å². The van der Waals surface area contributed by atoms with Gasteiger partial charge in [-0.15, -0.1) is 0 Å². The monoisotopic (exact) mass is 440 g/mol. The van der Waals surface area contributed by atoms with Gasteiger partial charge in [-0.25, -0.2) is 13.2 Å². The van der Waals surface area contributed by atoms with Gasteiger partial charge in [-0.3, -0.25) is 0 Å². The Morgan fingerprint density at radius 3 is 1.97 bits per heavy atom. The second-order valence-electron chi connectivity index (χ2n) is 9.82. The molecule has 3 rings (SSSR count). The van der Waals surface area contributed by atoms with E-state index in [1.807, 2.05) is 0 Å². The lowest BCUT2D eigenvalue weighted by Crippen LogP contribution is -2.21. The molecule has 2 aliphatic rings. The molecule has 0 aromatic heterocycles. The molecular formula is C25H39F3OSi. The van der Waals surface area contributed by atoms with Crippen molar-refractivity contribution in [3.63, 3.8) is 0 Å². The molecule has 0 spiro atoms. The van der Waals surface area contributed by atoms with Gasteiger partial charge in [0, 0.05) is 22.5 Å². The van der Waals surface area contributed by atoms with E-state index >= 15 is 0 Å². The molecule has 1 heterocycles. The second kappa shape index (κ2) is 12.3. The predicted octanol–water partition coefficient (Wildman–Crippen LogP) is 7.61. The molecule has 1 saturated carbocycles. The molecule has 1 aromatic carbocycles. The molecule has 1 aliphatic carbocycles. The van der Waals surface area contributed by atoms with Crippen LogP contribution in [0.3, 0.4) is 0 Å². The van der Waals surface area contributed by atoms with Crippen LogP contribution in [0.25, 0.3) is 0 Å². The summed E-state index contributed by atoms with van der Waals surface area (Å²) < 4.78 is 45.4. The van der Waals surface area contributed by atoms with Gasteiger partial charge in [0.05, 0.1) is 0 Å². The summed E-state index contributed by atoms with van der Waals surface area (Å²) in [5.41, 5.74) is 0.631. The highest BCUT2D eigenvalue weighted by Gasteiger charge is 2.25. The standard InChI is InChI=1S/C25H39F3OSi/c1-29-13-4-14-30-15-11-20(12-16-30)6-3-2-5-19-7-9-21(10-8-19)22-17-23(26)25(28)24(27)18-22/h17-21,30H,2-16H2,1H3. The molecule has 0 bridgehead atoms. The number of methoxy groups -OCH3 is 1. The van der Waals surface area contributed by atoms with Gasteiger partial charge >= 0.3 is 0 Å². The predicted molar refractivity (Wildman–Crippen MR) is 120 cm³/mol. The van der Waals surface area contributed by atoms with Gasteiger partial charge in [0.1, 0.15) is 0 Å². The fourth-order valence-corrected chi connectivity index (χ4v) is 9.28. The molecule has 1 saturated heterocycles. The first-order valence-corrected chi connectivity index (χ1v) is 14.6. The third-order valence-corrected chi connectivity index (χ3v) is 11.3. The van der Waals surface area contributed by atoms with Crippen LogP contribution in [0.5, 0.6) is 0 Å². The van der Waals surface area contributed by atoms with Crippen molar-refractivity contribution in [1.29, 1.82) is 0 Å². The summed E-state index contributed by atoms with van der Waals surface area (Å²) in [6.07, 6.45) is 13.8. The first-order chi connectivity index (χ1) is 14.6. The van der Waals surface area contributed by atoms with Gasteiger partial charge in [-0.1, -0.05) is 56.7 Å². The summed E-state index contributed by atoms with van der Waals surface area (Å²) in [5.74, 6) is -1.57. The van der Waals surface area contributed by atoms with Crippen molar-refractivity contribution < 1.29 is 17.9 Å². The molecule has 0 unspecified atom stereocenters. The molecule has 30 heavy (non-hydrogen) atoms. The van der Waals surface area contributed by atoms with E-state index in [9.17, 15) is 13.2 Å². The normalized spacial score (nSPS) is 27.3. The summed E-state index contributed by atoms with van der Waals surface area (Å²) >= 11 is 0. The Hall–Kier alpha value is -0.813. The number of halogens is 3. The van der Waals surface area contributed by atoms with Crippen molar-refractivity contribution in [2.45, 2.75) is 94.7 Å².